The van der Waals surface area contributed by atoms with E-state index in [0.29, 0.717) is 23.2 Å². The third kappa shape index (κ3) is 3.00. The highest BCUT2D eigenvalue weighted by Gasteiger charge is 2.42. The Kier molecular flexibility index (Phi) is 3.79. The summed E-state index contributed by atoms with van der Waals surface area (Å²) >= 11 is 0. The molecule has 21 heavy (non-hydrogen) atoms. The summed E-state index contributed by atoms with van der Waals surface area (Å²) in [6.07, 6.45) is 3.57. The number of anilines is 2. The van der Waals surface area contributed by atoms with Crippen LogP contribution in [0.5, 0.6) is 0 Å². The summed E-state index contributed by atoms with van der Waals surface area (Å²) in [5.41, 5.74) is 6.32. The van der Waals surface area contributed by atoms with Gasteiger partial charge in [-0.25, -0.2) is 4.79 Å². The summed E-state index contributed by atoms with van der Waals surface area (Å²) in [5.74, 6) is 1.10. The number of nitrogens with two attached hydrogens (primary N) is 1. The zero-order valence-corrected chi connectivity index (χ0v) is 11.8. The van der Waals surface area contributed by atoms with E-state index in [-0.39, 0.29) is 11.9 Å². The maximum absolute atomic E-state index is 12.4. The molecule has 1 aliphatic heterocycles. The van der Waals surface area contributed by atoms with Crippen LogP contribution in [0.2, 0.25) is 0 Å². The molecule has 2 fully saturated rings. The largest absolute Gasteiger partial charge is 0.351 e. The summed E-state index contributed by atoms with van der Waals surface area (Å²) in [5, 5.41) is 8.74. The first-order valence-electron chi connectivity index (χ1n) is 7.34. The van der Waals surface area contributed by atoms with Crippen LogP contribution >= 0.6 is 0 Å². The van der Waals surface area contributed by atoms with Crippen molar-refractivity contribution in [3.8, 4) is 0 Å². The SMILES string of the molecule is NC(=O)Nc1cccc(NC(=O)C2NCC3CCCC32)c1. The predicted molar refractivity (Wildman–Crippen MR) is 80.9 cm³/mol. The number of urea groups is 1. The molecule has 5 N–H and O–H groups in total. The molecule has 0 bridgehead atoms. The second kappa shape index (κ2) is 5.73. The molecule has 1 heterocycles. The predicted octanol–water partition coefficient (Wildman–Crippen LogP) is 1.50. The number of fused-ring (bicyclic) bond motifs is 1. The molecule has 6 nitrogen and oxygen atoms in total. The van der Waals surface area contributed by atoms with Crippen molar-refractivity contribution in [2.75, 3.05) is 17.2 Å². The highest BCUT2D eigenvalue weighted by Crippen LogP contribution is 2.38. The minimum Gasteiger partial charge on any atom is -0.351 e. The first kappa shape index (κ1) is 13.9. The van der Waals surface area contributed by atoms with Gasteiger partial charge < -0.3 is 21.7 Å². The molecule has 3 rings (SSSR count). The highest BCUT2D eigenvalue weighted by molar-refractivity contribution is 5.96. The van der Waals surface area contributed by atoms with Gasteiger partial charge in [0, 0.05) is 11.4 Å². The standard InChI is InChI=1S/C15H20N4O2/c16-15(21)19-11-5-2-4-10(7-11)18-14(20)13-12-6-1-3-9(12)8-17-13/h2,4-5,7,9,12-13,17H,1,3,6,8H2,(H,18,20)(H3,16,19,21). The molecule has 1 aliphatic carbocycles. The van der Waals surface area contributed by atoms with E-state index in [0.717, 1.165) is 13.0 Å². The van der Waals surface area contributed by atoms with Gasteiger partial charge in [-0.2, -0.15) is 0 Å². The third-order valence-electron chi connectivity index (χ3n) is 4.43. The zero-order valence-electron chi connectivity index (χ0n) is 11.8. The number of hydrogen-bond acceptors (Lipinski definition) is 3. The lowest BCUT2D eigenvalue weighted by molar-refractivity contribution is -0.118. The molecule has 6 heteroatoms. The van der Waals surface area contributed by atoms with Crippen LogP contribution in [0.1, 0.15) is 19.3 Å². The van der Waals surface area contributed by atoms with E-state index in [1.165, 1.54) is 12.8 Å². The Labute approximate surface area is 123 Å². The van der Waals surface area contributed by atoms with Gasteiger partial charge in [0.05, 0.1) is 6.04 Å². The van der Waals surface area contributed by atoms with E-state index in [1.807, 2.05) is 0 Å². The van der Waals surface area contributed by atoms with Crippen LogP contribution in [0.4, 0.5) is 16.2 Å². The number of carbonyl (C=O) groups is 2. The van der Waals surface area contributed by atoms with Gasteiger partial charge in [0.25, 0.3) is 0 Å². The monoisotopic (exact) mass is 288 g/mol. The fraction of sp³-hybridized carbons (Fsp3) is 0.467. The quantitative estimate of drug-likeness (QED) is 0.678. The molecule has 0 spiro atoms. The summed E-state index contributed by atoms with van der Waals surface area (Å²) in [6.45, 7) is 0.937. The van der Waals surface area contributed by atoms with Crippen molar-refractivity contribution in [3.05, 3.63) is 24.3 Å². The Morgan fingerprint density at radius 1 is 1.19 bits per heavy atom. The van der Waals surface area contributed by atoms with Crippen LogP contribution in [-0.4, -0.2) is 24.5 Å². The molecule has 1 aromatic rings. The Bertz CT molecular complexity index is 560. The van der Waals surface area contributed by atoms with Crippen molar-refractivity contribution >= 4 is 23.3 Å². The van der Waals surface area contributed by atoms with Gasteiger partial charge in [0.2, 0.25) is 5.91 Å². The van der Waals surface area contributed by atoms with E-state index in [2.05, 4.69) is 16.0 Å². The molecule has 0 aromatic heterocycles. The van der Waals surface area contributed by atoms with Crippen molar-refractivity contribution < 1.29 is 9.59 Å². The number of hydrogen-bond donors (Lipinski definition) is 4. The second-order valence-corrected chi connectivity index (χ2v) is 5.80. The Morgan fingerprint density at radius 2 is 1.95 bits per heavy atom. The molecule has 112 valence electrons. The van der Waals surface area contributed by atoms with Crippen molar-refractivity contribution in [2.45, 2.75) is 25.3 Å². The van der Waals surface area contributed by atoms with Crippen LogP contribution in [-0.2, 0) is 4.79 Å². The molecular formula is C15H20N4O2. The number of nitrogens with one attached hydrogen (secondary N) is 3. The first-order valence-corrected chi connectivity index (χ1v) is 7.34. The van der Waals surface area contributed by atoms with E-state index < -0.39 is 6.03 Å². The zero-order chi connectivity index (χ0) is 14.8. The van der Waals surface area contributed by atoms with Gasteiger partial charge in [-0.15, -0.1) is 0 Å². The lowest BCUT2D eigenvalue weighted by Gasteiger charge is -2.18. The summed E-state index contributed by atoms with van der Waals surface area (Å²) in [4.78, 5) is 23.3. The van der Waals surface area contributed by atoms with E-state index in [1.54, 1.807) is 24.3 Å². The number of rotatable bonds is 3. The fourth-order valence-corrected chi connectivity index (χ4v) is 3.51. The summed E-state index contributed by atoms with van der Waals surface area (Å²) in [7, 11) is 0. The van der Waals surface area contributed by atoms with Gasteiger partial charge in [-0.3, -0.25) is 4.79 Å². The topological polar surface area (TPSA) is 96.2 Å². The molecular weight excluding hydrogens is 268 g/mol. The number of benzene rings is 1. The molecule has 3 unspecified atom stereocenters. The lowest BCUT2D eigenvalue weighted by Crippen LogP contribution is -2.39. The molecule has 1 saturated heterocycles. The average Bonchev–Trinajstić information content (AvgIpc) is 2.99. The van der Waals surface area contributed by atoms with E-state index >= 15 is 0 Å². The van der Waals surface area contributed by atoms with Gasteiger partial charge in [0.1, 0.15) is 0 Å². The van der Waals surface area contributed by atoms with Crippen LogP contribution < -0.4 is 21.7 Å². The first-order chi connectivity index (χ1) is 10.1. The number of carbonyl (C=O) groups excluding carboxylic acids is 2. The van der Waals surface area contributed by atoms with Crippen molar-refractivity contribution in [1.82, 2.24) is 5.32 Å². The normalized spacial score (nSPS) is 27.1. The fourth-order valence-electron chi connectivity index (χ4n) is 3.51. The van der Waals surface area contributed by atoms with E-state index in [4.69, 9.17) is 5.73 Å². The van der Waals surface area contributed by atoms with Crippen LogP contribution in [0.3, 0.4) is 0 Å². The molecule has 3 amide bonds. The lowest BCUT2D eigenvalue weighted by atomic mass is 9.93. The van der Waals surface area contributed by atoms with Gasteiger partial charge in [-0.1, -0.05) is 12.5 Å². The minimum atomic E-state index is -0.621. The minimum absolute atomic E-state index is 0.000579. The molecule has 0 radical (unpaired) electrons. The number of amides is 3. The maximum Gasteiger partial charge on any atom is 0.316 e. The Morgan fingerprint density at radius 3 is 2.71 bits per heavy atom. The van der Waals surface area contributed by atoms with Gasteiger partial charge in [0.15, 0.2) is 0 Å². The molecule has 1 aromatic carbocycles. The summed E-state index contributed by atoms with van der Waals surface area (Å²) < 4.78 is 0. The molecule has 3 atom stereocenters. The van der Waals surface area contributed by atoms with Gasteiger partial charge in [-0.05, 0) is 49.4 Å². The number of primary amides is 1. The van der Waals surface area contributed by atoms with Crippen molar-refractivity contribution in [3.63, 3.8) is 0 Å². The van der Waals surface area contributed by atoms with Crippen molar-refractivity contribution in [1.29, 1.82) is 0 Å². The highest BCUT2D eigenvalue weighted by atomic mass is 16.2. The van der Waals surface area contributed by atoms with E-state index in [9.17, 15) is 9.59 Å². The van der Waals surface area contributed by atoms with Gasteiger partial charge >= 0.3 is 6.03 Å². The third-order valence-corrected chi connectivity index (χ3v) is 4.43. The summed E-state index contributed by atoms with van der Waals surface area (Å²) in [6, 6.07) is 6.26. The maximum atomic E-state index is 12.4. The average molecular weight is 288 g/mol. The van der Waals surface area contributed by atoms with Crippen molar-refractivity contribution in [2.24, 2.45) is 17.6 Å². The Hall–Kier alpha value is -2.08. The molecule has 2 aliphatic rings. The molecule has 1 saturated carbocycles. The Balaban J connectivity index is 1.66. The van der Waals surface area contributed by atoms with Crippen LogP contribution in [0.25, 0.3) is 0 Å². The smallest absolute Gasteiger partial charge is 0.316 e. The van der Waals surface area contributed by atoms with Crippen LogP contribution in [0, 0.1) is 11.8 Å². The second-order valence-electron chi connectivity index (χ2n) is 5.80. The van der Waals surface area contributed by atoms with Crippen LogP contribution in [0.15, 0.2) is 24.3 Å².